The second-order valence-electron chi connectivity index (χ2n) is 39.7. The largest absolute Gasteiger partial charge is 0.264 e. The normalized spacial score (nSPS) is 18.2. The molecule has 2 fully saturated rings. The summed E-state index contributed by atoms with van der Waals surface area (Å²) in [7, 11) is 0. The van der Waals surface area contributed by atoms with Gasteiger partial charge in [-0.05, 0) is 215 Å². The Kier molecular flexibility index (Phi) is 21.7. The average molecular weight is 1700 g/mol. The maximum atomic E-state index is 2.56. The first-order valence-electron chi connectivity index (χ1n) is 47.6. The Morgan fingerprint density at radius 1 is 0.217 bits per heavy atom. The Bertz CT molecular complexity index is 6950. The molecule has 11 aromatic carbocycles. The van der Waals surface area contributed by atoms with Gasteiger partial charge in [-0.1, -0.05) is 244 Å². The molecule has 0 radical (unpaired) electrons. The maximum Gasteiger partial charge on any atom is 0.264 e. The van der Waals surface area contributed by atoms with Crippen LogP contribution < -0.4 is 22.8 Å². The third-order valence-electron chi connectivity index (χ3n) is 31.8. The van der Waals surface area contributed by atoms with Crippen LogP contribution in [0.3, 0.4) is 0 Å². The lowest BCUT2D eigenvalue weighted by molar-refractivity contribution is -0.606. The van der Waals surface area contributed by atoms with Gasteiger partial charge >= 0.3 is 0 Å². The van der Waals surface area contributed by atoms with Crippen molar-refractivity contribution in [2.45, 2.75) is 237 Å². The summed E-state index contributed by atoms with van der Waals surface area (Å²) in [5, 5.41) is 0. The average Bonchev–Trinajstić information content (AvgIpc) is 1.60. The molecule has 3 unspecified atom stereocenters. The topological polar surface area (TPSA) is 44.0 Å². The Morgan fingerprint density at radius 3 is 0.744 bits per heavy atom. The lowest BCUT2D eigenvalue weighted by atomic mass is 9.65. The molecular weight excluding hydrogens is 1570 g/mol. The highest BCUT2D eigenvalue weighted by Crippen LogP contribution is 2.55. The van der Waals surface area contributed by atoms with Crippen molar-refractivity contribution >= 4 is 0 Å². The van der Waals surface area contributed by atoms with Crippen LogP contribution in [0.15, 0.2) is 273 Å². The van der Waals surface area contributed by atoms with E-state index in [4.69, 9.17) is 0 Å². The SMILES string of the molecule is Cc1ccccc1-n1c(C)c2[n+](c1C)-c1ccccc1C2(C)C.Cc1ccccc1-n1c(C)c2[n+](c1C)-c1ccccc1C2(C)C.Cc1ccccc1-n1c(C)c2[n+](c1C)-c1ccccc1C2(C)C1CCCC1.Cc1ccccc1-n1c(C)c2[n+](c1C)-c1ccccc1C2(C)C1CCCCC1.Cc1ccccc1-n1c(C)c2[n+](c1C)-c1ccccc1C2(C)c1ccccc1. The molecule has 16 aromatic rings. The molecule has 5 aromatic heterocycles. The van der Waals surface area contributed by atoms with Crippen LogP contribution in [0.2, 0.25) is 0 Å². The number of imidazole rings is 5. The molecule has 10 nitrogen and oxygen atoms in total. The predicted molar refractivity (Wildman–Crippen MR) is 525 cm³/mol. The molecule has 7 aliphatic rings. The van der Waals surface area contributed by atoms with Crippen LogP contribution in [0, 0.1) is 116 Å². The number of nitrogens with zero attached hydrogens (tertiary/aromatic N) is 10. The van der Waals surface area contributed by atoms with E-state index >= 15 is 0 Å². The predicted octanol–water partition coefficient (Wildman–Crippen LogP) is 25.4. The van der Waals surface area contributed by atoms with Gasteiger partial charge in [0.25, 0.3) is 29.1 Å². The van der Waals surface area contributed by atoms with Gasteiger partial charge in [-0.2, -0.15) is 45.7 Å². The van der Waals surface area contributed by atoms with E-state index in [0.29, 0.717) is 0 Å². The van der Waals surface area contributed by atoms with Crippen LogP contribution in [0.4, 0.5) is 0 Å². The van der Waals surface area contributed by atoms with Gasteiger partial charge in [0.05, 0.1) is 27.1 Å². The summed E-state index contributed by atoms with van der Waals surface area (Å²) in [6, 6.07) is 98.9. The zero-order chi connectivity index (χ0) is 90.4. The summed E-state index contributed by atoms with van der Waals surface area (Å²) in [6.07, 6.45) is 12.3. The Balaban J connectivity index is 0.000000105. The molecule has 2 aliphatic carbocycles. The van der Waals surface area contributed by atoms with Crippen molar-refractivity contribution in [3.63, 3.8) is 0 Å². The second kappa shape index (κ2) is 32.6. The van der Waals surface area contributed by atoms with Gasteiger partial charge in [-0.15, -0.1) is 0 Å². The quantitative estimate of drug-likeness (QED) is 0.136. The molecule has 0 amide bonds. The van der Waals surface area contributed by atoms with Crippen LogP contribution in [0.5, 0.6) is 0 Å². The first kappa shape index (κ1) is 85.9. The number of rotatable bonds is 8. The fourth-order valence-electron chi connectivity index (χ4n) is 25.9. The van der Waals surface area contributed by atoms with Crippen molar-refractivity contribution in [1.29, 1.82) is 0 Å². The van der Waals surface area contributed by atoms with E-state index in [-0.39, 0.29) is 27.1 Å². The molecule has 0 N–H and O–H groups in total. The summed E-state index contributed by atoms with van der Waals surface area (Å²) in [6.45, 7) is 50.4. The van der Waals surface area contributed by atoms with Gasteiger partial charge in [-0.25, -0.2) is 0 Å². The van der Waals surface area contributed by atoms with E-state index in [2.05, 4.69) is 471 Å². The lowest BCUT2D eigenvalue weighted by Gasteiger charge is -2.36. The molecule has 5 aliphatic heterocycles. The van der Waals surface area contributed by atoms with E-state index in [1.54, 1.807) is 0 Å². The standard InChI is InChI=1S/C26H31N2.C26H25N2.C25H29N2.2C21H23N2/c2*1-18-12-8-10-16-23(18)27-19(2)25-26(4,21-13-6-5-7-14-21)22-15-9-11-17-24(22)28(25)20(27)3;1-17-11-5-9-15-22(17)26-18(2)24-25(4,20-12-6-7-13-20)21-14-8-10-16-23(21)27(24)19(26)3;2*1-14-10-6-8-12-18(14)22-15(2)20-21(4,5)17-11-7-9-13-19(17)23(20)16(22)3/h8-12,15-17,21H,5-7,13-14H2,1-4H3;5-17H,1-4H3;5,8-11,14-16,20H,6-7,12-13H2,1-4H3;2*6-13H,1-5H3/q5*+1. The molecule has 129 heavy (non-hydrogen) atoms. The summed E-state index contributed by atoms with van der Waals surface area (Å²) >= 11 is 0. The number of aromatic nitrogens is 10. The fourth-order valence-corrected chi connectivity index (χ4v) is 25.9. The van der Waals surface area contributed by atoms with E-state index < -0.39 is 0 Å². The molecule has 0 bridgehead atoms. The molecule has 0 saturated heterocycles. The summed E-state index contributed by atoms with van der Waals surface area (Å²) in [5.41, 5.74) is 42.3. The zero-order valence-corrected chi connectivity index (χ0v) is 80.5. The van der Waals surface area contributed by atoms with Crippen molar-refractivity contribution in [3.8, 4) is 56.9 Å². The number of hydrogen-bond acceptors (Lipinski definition) is 0. The van der Waals surface area contributed by atoms with Gasteiger partial charge in [-0.3, -0.25) is 0 Å². The summed E-state index contributed by atoms with van der Waals surface area (Å²) < 4.78 is 24.7. The number of fused-ring (bicyclic) bond motifs is 15. The molecule has 652 valence electrons. The van der Waals surface area contributed by atoms with E-state index in [9.17, 15) is 0 Å². The van der Waals surface area contributed by atoms with Crippen LogP contribution in [0.25, 0.3) is 56.9 Å². The molecule has 0 spiro atoms. The molecule has 10 heterocycles. The third-order valence-corrected chi connectivity index (χ3v) is 31.8. The Labute approximate surface area is 766 Å². The monoisotopic (exact) mass is 1700 g/mol. The van der Waals surface area contributed by atoms with E-state index in [1.165, 1.54) is 262 Å². The maximum absolute atomic E-state index is 2.56. The minimum Gasteiger partial charge on any atom is -0.197 e. The van der Waals surface area contributed by atoms with Crippen molar-refractivity contribution in [1.82, 2.24) is 22.8 Å². The van der Waals surface area contributed by atoms with Crippen LogP contribution in [0.1, 0.15) is 254 Å². The van der Waals surface area contributed by atoms with Crippen molar-refractivity contribution < 1.29 is 22.8 Å². The van der Waals surface area contributed by atoms with Crippen LogP contribution in [-0.4, -0.2) is 22.8 Å². The second-order valence-corrected chi connectivity index (χ2v) is 39.7. The highest BCUT2D eigenvalue weighted by Gasteiger charge is 2.57. The van der Waals surface area contributed by atoms with Crippen molar-refractivity contribution in [2.75, 3.05) is 0 Å². The number of para-hydroxylation sites is 10. The van der Waals surface area contributed by atoms with Crippen molar-refractivity contribution in [2.24, 2.45) is 11.8 Å². The van der Waals surface area contributed by atoms with Crippen molar-refractivity contribution in [3.05, 3.63) is 420 Å². The Hall–Kier alpha value is -12.5. The summed E-state index contributed by atoms with van der Waals surface area (Å²) in [5.74, 6) is 7.86. The van der Waals surface area contributed by atoms with Gasteiger partial charge in [0.2, 0.25) is 0 Å². The summed E-state index contributed by atoms with van der Waals surface area (Å²) in [4.78, 5) is 0. The van der Waals surface area contributed by atoms with Gasteiger partial charge in [0.15, 0.2) is 34.2 Å². The Morgan fingerprint density at radius 2 is 0.434 bits per heavy atom. The molecule has 2 saturated carbocycles. The highest BCUT2D eigenvalue weighted by atomic mass is 15.2. The zero-order valence-electron chi connectivity index (χ0n) is 80.5. The van der Waals surface area contributed by atoms with Crippen LogP contribution >= 0.6 is 0 Å². The third kappa shape index (κ3) is 13.0. The lowest BCUT2D eigenvalue weighted by Crippen LogP contribution is -2.39. The first-order chi connectivity index (χ1) is 62.0. The van der Waals surface area contributed by atoms with Crippen LogP contribution in [-0.2, 0) is 27.1 Å². The fraction of sp³-hybridized carbons (Fsp3) is 0.319. The first-order valence-corrected chi connectivity index (χ1v) is 47.6. The number of benzene rings is 11. The van der Waals surface area contributed by atoms with E-state index in [1.807, 2.05) is 0 Å². The van der Waals surface area contributed by atoms with Gasteiger partial charge < -0.3 is 0 Å². The molecule has 3 atom stereocenters. The smallest absolute Gasteiger partial charge is 0.197 e. The molecular formula is C119H131N10+5. The van der Waals surface area contributed by atoms with Gasteiger partial charge in [0.1, 0.15) is 79.6 Å². The minimum absolute atomic E-state index is 0.0272. The number of aryl methyl sites for hydroxylation is 5. The molecule has 10 heteroatoms. The minimum atomic E-state index is -0.180. The van der Waals surface area contributed by atoms with Gasteiger partial charge in [0, 0.05) is 97.1 Å². The van der Waals surface area contributed by atoms with E-state index in [0.717, 1.165) is 11.8 Å². The highest BCUT2D eigenvalue weighted by molar-refractivity contribution is 5.62. The number of hydrogen-bond donors (Lipinski definition) is 0. The molecule has 23 rings (SSSR count).